The second kappa shape index (κ2) is 9.50. The van der Waals surface area contributed by atoms with Crippen LogP contribution in [0.3, 0.4) is 0 Å². The van der Waals surface area contributed by atoms with Crippen molar-refractivity contribution in [3.8, 4) is 11.5 Å². The SMILES string of the molecule is INc1ccc(OCCCCCOc2ccccc2)cc1. The Kier molecular flexibility index (Phi) is 7.21. The molecular weight excluding hydrogens is 377 g/mol. The highest BCUT2D eigenvalue weighted by molar-refractivity contribution is 14.1. The average Bonchev–Trinajstić information content (AvgIpc) is 2.55. The first-order chi connectivity index (χ1) is 10.4. The molecule has 1 N–H and O–H groups in total. The minimum Gasteiger partial charge on any atom is -0.494 e. The third-order valence-electron chi connectivity index (χ3n) is 3.03. The Bertz CT molecular complexity index is 502. The van der Waals surface area contributed by atoms with Crippen LogP contribution < -0.4 is 13.0 Å². The number of para-hydroxylation sites is 1. The van der Waals surface area contributed by atoms with Gasteiger partial charge in [0.1, 0.15) is 11.5 Å². The van der Waals surface area contributed by atoms with Crippen LogP contribution in [0.15, 0.2) is 54.6 Å². The maximum Gasteiger partial charge on any atom is 0.119 e. The smallest absolute Gasteiger partial charge is 0.119 e. The summed E-state index contributed by atoms with van der Waals surface area (Å²) in [5.74, 6) is 1.86. The molecule has 0 bridgehead atoms. The van der Waals surface area contributed by atoms with Crippen LogP contribution in [0.5, 0.6) is 11.5 Å². The molecular formula is C17H20INO2. The lowest BCUT2D eigenvalue weighted by Gasteiger charge is -2.08. The Morgan fingerprint density at radius 2 is 1.29 bits per heavy atom. The second-order valence-electron chi connectivity index (χ2n) is 4.69. The van der Waals surface area contributed by atoms with E-state index in [4.69, 9.17) is 9.47 Å². The highest BCUT2D eigenvalue weighted by Crippen LogP contribution is 2.17. The van der Waals surface area contributed by atoms with E-state index in [2.05, 4.69) is 26.4 Å². The quantitative estimate of drug-likeness (QED) is 0.364. The topological polar surface area (TPSA) is 30.5 Å². The Labute approximate surface area is 140 Å². The van der Waals surface area contributed by atoms with Crippen molar-refractivity contribution in [3.63, 3.8) is 0 Å². The van der Waals surface area contributed by atoms with Crippen LogP contribution in [0.1, 0.15) is 19.3 Å². The molecule has 4 heteroatoms. The first-order valence-electron chi connectivity index (χ1n) is 7.16. The minimum atomic E-state index is 0.752. The zero-order valence-electron chi connectivity index (χ0n) is 11.9. The van der Waals surface area contributed by atoms with Gasteiger partial charge in [-0.3, -0.25) is 0 Å². The van der Waals surface area contributed by atoms with E-state index in [9.17, 15) is 0 Å². The van der Waals surface area contributed by atoms with Crippen LogP contribution in [0, 0.1) is 0 Å². The molecule has 0 aromatic heterocycles. The summed E-state index contributed by atoms with van der Waals surface area (Å²) in [7, 11) is 0. The van der Waals surface area contributed by atoms with Gasteiger partial charge in [-0.15, -0.1) is 0 Å². The molecule has 0 spiro atoms. The Balaban J connectivity index is 1.51. The zero-order chi connectivity index (χ0) is 14.8. The highest BCUT2D eigenvalue weighted by atomic mass is 127. The molecule has 0 aliphatic rings. The van der Waals surface area contributed by atoms with E-state index in [1.54, 1.807) is 0 Å². The lowest BCUT2D eigenvalue weighted by molar-refractivity contribution is 0.279. The van der Waals surface area contributed by atoms with Gasteiger partial charge in [0, 0.05) is 5.69 Å². The highest BCUT2D eigenvalue weighted by Gasteiger charge is 1.96. The number of halogens is 1. The van der Waals surface area contributed by atoms with Gasteiger partial charge in [-0.25, -0.2) is 0 Å². The van der Waals surface area contributed by atoms with Crippen molar-refractivity contribution >= 4 is 28.6 Å². The number of rotatable bonds is 9. The van der Waals surface area contributed by atoms with Gasteiger partial charge in [-0.1, -0.05) is 18.2 Å². The van der Waals surface area contributed by atoms with Gasteiger partial charge >= 0.3 is 0 Å². The summed E-state index contributed by atoms with van der Waals surface area (Å²) in [5, 5.41) is 0. The largest absolute Gasteiger partial charge is 0.494 e. The molecule has 21 heavy (non-hydrogen) atoms. The lowest BCUT2D eigenvalue weighted by atomic mass is 10.2. The zero-order valence-corrected chi connectivity index (χ0v) is 14.1. The summed E-state index contributed by atoms with van der Waals surface area (Å²) in [6.07, 6.45) is 3.21. The molecule has 3 nitrogen and oxygen atoms in total. The number of ether oxygens (including phenoxy) is 2. The van der Waals surface area contributed by atoms with Gasteiger partial charge in [0.25, 0.3) is 0 Å². The number of benzene rings is 2. The summed E-state index contributed by atoms with van der Waals surface area (Å²) >= 11 is 2.11. The van der Waals surface area contributed by atoms with Crippen molar-refractivity contribution in [2.24, 2.45) is 0 Å². The maximum atomic E-state index is 5.70. The van der Waals surface area contributed by atoms with Crippen LogP contribution >= 0.6 is 22.9 Å². The van der Waals surface area contributed by atoms with Crippen molar-refractivity contribution in [1.29, 1.82) is 0 Å². The molecule has 2 aromatic carbocycles. The molecule has 0 aliphatic carbocycles. The van der Waals surface area contributed by atoms with E-state index in [-0.39, 0.29) is 0 Å². The van der Waals surface area contributed by atoms with E-state index in [1.807, 2.05) is 54.6 Å². The predicted octanol–water partition coefficient (Wildman–Crippen LogP) is 5.08. The van der Waals surface area contributed by atoms with Crippen LogP contribution in [0.25, 0.3) is 0 Å². The lowest BCUT2D eigenvalue weighted by Crippen LogP contribution is -2.00. The van der Waals surface area contributed by atoms with Crippen molar-refractivity contribution in [2.75, 3.05) is 16.7 Å². The minimum absolute atomic E-state index is 0.752. The molecule has 112 valence electrons. The van der Waals surface area contributed by atoms with Crippen molar-refractivity contribution in [3.05, 3.63) is 54.6 Å². The van der Waals surface area contributed by atoms with Crippen LogP contribution in [0.4, 0.5) is 5.69 Å². The fraction of sp³-hybridized carbons (Fsp3) is 0.294. The van der Waals surface area contributed by atoms with Gasteiger partial charge in [-0.05, 0) is 55.7 Å². The molecule has 0 saturated heterocycles. The normalized spacial score (nSPS) is 10.1. The summed E-state index contributed by atoms with van der Waals surface area (Å²) in [6, 6.07) is 17.9. The van der Waals surface area contributed by atoms with Crippen LogP contribution in [-0.2, 0) is 0 Å². The van der Waals surface area contributed by atoms with Gasteiger partial charge in [0.05, 0.1) is 36.1 Å². The van der Waals surface area contributed by atoms with Crippen LogP contribution in [0.2, 0.25) is 0 Å². The number of anilines is 1. The number of hydrogen-bond acceptors (Lipinski definition) is 3. The first-order valence-corrected chi connectivity index (χ1v) is 8.24. The summed E-state index contributed by atoms with van der Waals surface area (Å²) in [5.41, 5.74) is 1.08. The van der Waals surface area contributed by atoms with Gasteiger partial charge < -0.3 is 13.0 Å². The molecule has 0 unspecified atom stereocenters. The molecule has 2 rings (SSSR count). The van der Waals surface area contributed by atoms with Gasteiger partial charge in [-0.2, -0.15) is 0 Å². The van der Waals surface area contributed by atoms with E-state index >= 15 is 0 Å². The number of nitrogens with one attached hydrogen (secondary N) is 1. The van der Waals surface area contributed by atoms with Gasteiger partial charge in [0.15, 0.2) is 0 Å². The Morgan fingerprint density at radius 1 is 0.714 bits per heavy atom. The predicted molar refractivity (Wildman–Crippen MR) is 95.4 cm³/mol. The molecule has 0 amide bonds. The molecule has 0 radical (unpaired) electrons. The summed E-state index contributed by atoms with van der Waals surface area (Å²) < 4.78 is 14.4. The molecule has 0 saturated carbocycles. The first kappa shape index (κ1) is 15.9. The van der Waals surface area contributed by atoms with Crippen LogP contribution in [-0.4, -0.2) is 13.2 Å². The maximum absolute atomic E-state index is 5.70. The number of hydrogen-bond donors (Lipinski definition) is 1. The molecule has 2 aromatic rings. The van der Waals surface area contributed by atoms with E-state index in [0.717, 1.165) is 49.7 Å². The Morgan fingerprint density at radius 3 is 1.86 bits per heavy atom. The fourth-order valence-electron chi connectivity index (χ4n) is 1.89. The van der Waals surface area contributed by atoms with E-state index in [1.165, 1.54) is 0 Å². The molecule has 0 fully saturated rings. The van der Waals surface area contributed by atoms with Crippen molar-refractivity contribution in [2.45, 2.75) is 19.3 Å². The molecule has 0 atom stereocenters. The third-order valence-corrected chi connectivity index (χ3v) is 3.66. The van der Waals surface area contributed by atoms with Crippen molar-refractivity contribution < 1.29 is 9.47 Å². The number of unbranched alkanes of at least 4 members (excludes halogenated alkanes) is 2. The summed E-state index contributed by atoms with van der Waals surface area (Å²) in [6.45, 7) is 1.52. The molecule has 0 heterocycles. The standard InChI is InChI=1S/C17H20INO2/c18-19-15-9-11-17(12-10-15)21-14-6-2-5-13-20-16-7-3-1-4-8-16/h1,3-4,7-12,19H,2,5-6,13-14H2. The monoisotopic (exact) mass is 397 g/mol. The fourth-order valence-corrected chi connectivity index (χ4v) is 2.25. The van der Waals surface area contributed by atoms with E-state index in [0.29, 0.717) is 0 Å². The molecule has 0 aliphatic heterocycles. The second-order valence-corrected chi connectivity index (χ2v) is 5.23. The summed E-state index contributed by atoms with van der Waals surface area (Å²) in [4.78, 5) is 0. The average molecular weight is 397 g/mol. The van der Waals surface area contributed by atoms with Crippen molar-refractivity contribution in [1.82, 2.24) is 0 Å². The van der Waals surface area contributed by atoms with E-state index < -0.39 is 0 Å². The van der Waals surface area contributed by atoms with Gasteiger partial charge in [0.2, 0.25) is 0 Å². The third kappa shape index (κ3) is 6.25. The Hall–Kier alpha value is -1.43.